The second-order valence-corrected chi connectivity index (χ2v) is 10.9. The highest BCUT2D eigenvalue weighted by atomic mass is 16.3. The van der Waals surface area contributed by atoms with Crippen molar-refractivity contribution in [3.63, 3.8) is 0 Å². The monoisotopic (exact) mass is 410 g/mol. The number of nitrogens with one attached hydrogen (secondary N) is 2. The summed E-state index contributed by atoms with van der Waals surface area (Å²) in [5.74, 6) is 2.54. The standard InChI is InChI=1S/C24H34N4O2/c29-22(27-20-16-8-14-9-17(20)12-24(30,10-14)11-16)19-13-25-23(26-18-6-3-7-18)28-21(19)15-4-1-2-5-15/h13-18,20,30H,1-12H2,(H,27,29)(H,25,26,28). The summed E-state index contributed by atoms with van der Waals surface area (Å²) < 4.78 is 0. The molecule has 6 saturated carbocycles. The lowest BCUT2D eigenvalue weighted by Crippen LogP contribution is -2.61. The maximum Gasteiger partial charge on any atom is 0.254 e. The van der Waals surface area contributed by atoms with Crippen LogP contribution in [0.5, 0.6) is 0 Å². The van der Waals surface area contributed by atoms with Crippen LogP contribution in [0.3, 0.4) is 0 Å². The van der Waals surface area contributed by atoms with Gasteiger partial charge in [0.25, 0.3) is 5.91 Å². The van der Waals surface area contributed by atoms with Crippen LogP contribution in [0.2, 0.25) is 0 Å². The lowest BCUT2D eigenvalue weighted by molar-refractivity contribution is -0.136. The van der Waals surface area contributed by atoms with Gasteiger partial charge in [0, 0.05) is 24.2 Å². The predicted octanol–water partition coefficient (Wildman–Crippen LogP) is 3.77. The Morgan fingerprint density at radius 1 is 1.03 bits per heavy atom. The van der Waals surface area contributed by atoms with E-state index in [0.717, 1.165) is 50.6 Å². The summed E-state index contributed by atoms with van der Waals surface area (Å²) in [6, 6.07) is 0.679. The number of hydrogen-bond donors (Lipinski definition) is 3. The number of anilines is 1. The quantitative estimate of drug-likeness (QED) is 0.688. The Kier molecular flexibility index (Phi) is 4.55. The minimum Gasteiger partial charge on any atom is -0.390 e. The van der Waals surface area contributed by atoms with E-state index in [4.69, 9.17) is 4.98 Å². The Labute approximate surface area is 178 Å². The summed E-state index contributed by atoms with van der Waals surface area (Å²) in [5.41, 5.74) is 1.16. The van der Waals surface area contributed by atoms with Crippen molar-refractivity contribution in [2.75, 3.05) is 5.32 Å². The molecular weight excluding hydrogens is 376 g/mol. The first-order chi connectivity index (χ1) is 14.6. The van der Waals surface area contributed by atoms with Gasteiger partial charge in [0.15, 0.2) is 0 Å². The van der Waals surface area contributed by atoms with Crippen molar-refractivity contribution in [3.05, 3.63) is 17.5 Å². The largest absolute Gasteiger partial charge is 0.390 e. The summed E-state index contributed by atoms with van der Waals surface area (Å²) in [6.45, 7) is 0. The first-order valence-electron chi connectivity index (χ1n) is 12.2. The van der Waals surface area contributed by atoms with E-state index < -0.39 is 5.60 Å². The molecule has 2 unspecified atom stereocenters. The zero-order valence-corrected chi connectivity index (χ0v) is 17.8. The Morgan fingerprint density at radius 2 is 1.77 bits per heavy atom. The normalized spacial score (nSPS) is 37.9. The topological polar surface area (TPSA) is 87.1 Å². The lowest BCUT2D eigenvalue weighted by Gasteiger charge is -2.58. The molecule has 4 bridgehead atoms. The molecular formula is C24H34N4O2. The van der Waals surface area contributed by atoms with Crippen LogP contribution in [0, 0.1) is 17.8 Å². The number of aliphatic hydroxyl groups is 1. The molecule has 0 aliphatic heterocycles. The molecule has 1 heterocycles. The van der Waals surface area contributed by atoms with Gasteiger partial charge in [-0.1, -0.05) is 12.8 Å². The van der Waals surface area contributed by atoms with Crippen molar-refractivity contribution < 1.29 is 9.90 Å². The van der Waals surface area contributed by atoms with Crippen LogP contribution in [0.15, 0.2) is 6.20 Å². The zero-order valence-electron chi connectivity index (χ0n) is 17.8. The highest BCUT2D eigenvalue weighted by molar-refractivity contribution is 5.95. The van der Waals surface area contributed by atoms with Gasteiger partial charge in [-0.15, -0.1) is 0 Å². The Balaban J connectivity index is 1.23. The van der Waals surface area contributed by atoms with E-state index in [-0.39, 0.29) is 11.9 Å². The highest BCUT2D eigenvalue weighted by Crippen LogP contribution is 2.55. The molecule has 30 heavy (non-hydrogen) atoms. The third-order valence-electron chi connectivity index (χ3n) is 8.78. The minimum absolute atomic E-state index is 0.00319. The van der Waals surface area contributed by atoms with E-state index in [2.05, 4.69) is 15.6 Å². The second kappa shape index (κ2) is 7.18. The van der Waals surface area contributed by atoms with E-state index in [1.54, 1.807) is 6.20 Å². The second-order valence-electron chi connectivity index (χ2n) is 10.9. The molecule has 3 N–H and O–H groups in total. The van der Waals surface area contributed by atoms with Crippen molar-refractivity contribution in [2.24, 2.45) is 17.8 Å². The average molecular weight is 411 g/mol. The Morgan fingerprint density at radius 3 is 2.40 bits per heavy atom. The summed E-state index contributed by atoms with van der Waals surface area (Å²) in [7, 11) is 0. The molecule has 7 rings (SSSR count). The Bertz CT molecular complexity index is 816. The van der Waals surface area contributed by atoms with Crippen LogP contribution in [0.25, 0.3) is 0 Å². The van der Waals surface area contributed by atoms with E-state index >= 15 is 0 Å². The van der Waals surface area contributed by atoms with Gasteiger partial charge in [0.05, 0.1) is 16.9 Å². The molecule has 1 aromatic heterocycles. The number of hydrogen-bond acceptors (Lipinski definition) is 5. The first kappa shape index (κ1) is 19.0. The fraction of sp³-hybridized carbons (Fsp3) is 0.792. The number of carbonyl (C=O) groups excluding carboxylic acids is 1. The van der Waals surface area contributed by atoms with Gasteiger partial charge in [-0.05, 0) is 82.0 Å². The van der Waals surface area contributed by atoms with E-state index in [1.807, 2.05) is 0 Å². The lowest BCUT2D eigenvalue weighted by atomic mass is 9.52. The molecule has 1 aromatic rings. The van der Waals surface area contributed by atoms with Crippen LogP contribution in [-0.4, -0.2) is 38.7 Å². The predicted molar refractivity (Wildman–Crippen MR) is 114 cm³/mol. The molecule has 6 nitrogen and oxygen atoms in total. The molecule has 2 atom stereocenters. The molecule has 0 saturated heterocycles. The van der Waals surface area contributed by atoms with Gasteiger partial charge in [0.2, 0.25) is 5.95 Å². The number of carbonyl (C=O) groups is 1. The van der Waals surface area contributed by atoms with Crippen molar-refractivity contribution >= 4 is 11.9 Å². The van der Waals surface area contributed by atoms with Gasteiger partial charge in [-0.25, -0.2) is 9.97 Å². The zero-order chi connectivity index (χ0) is 20.3. The van der Waals surface area contributed by atoms with Crippen LogP contribution < -0.4 is 10.6 Å². The number of aromatic nitrogens is 2. The van der Waals surface area contributed by atoms with Gasteiger partial charge in [-0.2, -0.15) is 0 Å². The maximum absolute atomic E-state index is 13.4. The first-order valence-corrected chi connectivity index (χ1v) is 12.2. The Hall–Kier alpha value is -1.69. The van der Waals surface area contributed by atoms with Crippen LogP contribution in [0.4, 0.5) is 5.95 Å². The van der Waals surface area contributed by atoms with Crippen molar-refractivity contribution in [1.82, 2.24) is 15.3 Å². The van der Waals surface area contributed by atoms with Gasteiger partial charge < -0.3 is 15.7 Å². The van der Waals surface area contributed by atoms with E-state index in [0.29, 0.717) is 41.2 Å². The molecule has 6 aliphatic rings. The highest BCUT2D eigenvalue weighted by Gasteiger charge is 2.55. The third kappa shape index (κ3) is 3.31. The number of amides is 1. The average Bonchev–Trinajstić information content (AvgIpc) is 3.21. The summed E-state index contributed by atoms with van der Waals surface area (Å²) in [6.07, 6.45) is 15.0. The molecule has 162 valence electrons. The summed E-state index contributed by atoms with van der Waals surface area (Å²) in [4.78, 5) is 22.8. The maximum atomic E-state index is 13.4. The molecule has 1 amide bonds. The van der Waals surface area contributed by atoms with E-state index in [9.17, 15) is 9.90 Å². The summed E-state index contributed by atoms with van der Waals surface area (Å²) in [5, 5.41) is 17.7. The van der Waals surface area contributed by atoms with Gasteiger partial charge in [-0.3, -0.25) is 4.79 Å². The van der Waals surface area contributed by atoms with Crippen LogP contribution >= 0.6 is 0 Å². The molecule has 6 heteroatoms. The number of nitrogens with zero attached hydrogens (tertiary/aromatic N) is 2. The van der Waals surface area contributed by atoms with Gasteiger partial charge >= 0.3 is 0 Å². The van der Waals surface area contributed by atoms with Crippen molar-refractivity contribution in [2.45, 2.75) is 101 Å². The SMILES string of the molecule is O=C(NC1C2CC3CC1CC(O)(C3)C2)c1cnc(NC2CCC2)nc1C1CCCC1. The molecule has 6 aliphatic carbocycles. The van der Waals surface area contributed by atoms with E-state index in [1.165, 1.54) is 32.1 Å². The molecule has 6 fully saturated rings. The number of rotatable bonds is 5. The van der Waals surface area contributed by atoms with Gasteiger partial charge in [0.1, 0.15) is 0 Å². The van der Waals surface area contributed by atoms with Crippen molar-refractivity contribution in [3.8, 4) is 0 Å². The fourth-order valence-corrected chi connectivity index (χ4v) is 7.33. The van der Waals surface area contributed by atoms with Crippen LogP contribution in [-0.2, 0) is 0 Å². The summed E-state index contributed by atoms with van der Waals surface area (Å²) >= 11 is 0. The molecule has 0 spiro atoms. The minimum atomic E-state index is -0.468. The van der Waals surface area contributed by atoms with Crippen LogP contribution in [0.1, 0.15) is 99.0 Å². The molecule has 0 radical (unpaired) electrons. The third-order valence-corrected chi connectivity index (χ3v) is 8.78. The molecule has 0 aromatic carbocycles. The van der Waals surface area contributed by atoms with Crippen molar-refractivity contribution in [1.29, 1.82) is 0 Å². The smallest absolute Gasteiger partial charge is 0.254 e. The fourth-order valence-electron chi connectivity index (χ4n) is 7.33.